The highest BCUT2D eigenvalue weighted by Crippen LogP contribution is 2.48. The zero-order chi connectivity index (χ0) is 44.0. The summed E-state index contributed by atoms with van der Waals surface area (Å²) in [5.41, 5.74) is 2.43. The Morgan fingerprint density at radius 3 is 1.60 bits per heavy atom. The molecule has 0 radical (unpaired) electrons. The Balaban J connectivity index is 1.46. The van der Waals surface area contributed by atoms with Gasteiger partial charge in [-0.15, -0.1) is 0 Å². The lowest BCUT2D eigenvalue weighted by molar-refractivity contribution is 0.670. The maximum Gasteiger partial charge on any atom is 0.143 e. The molecule has 10 rings (SSSR count). The topological polar surface area (TPSA) is 13.1 Å². The van der Waals surface area contributed by atoms with Gasteiger partial charge in [0.1, 0.15) is 11.2 Å². The van der Waals surface area contributed by atoms with Crippen LogP contribution in [0, 0.1) is 0 Å². The predicted octanol–water partition coefficient (Wildman–Crippen LogP) is 13.2. The number of hydrogen-bond acceptors (Lipinski definition) is 1. The summed E-state index contributed by atoms with van der Waals surface area (Å²) in [4.78, 5) is 0. The third-order valence-electron chi connectivity index (χ3n) is 8.83. The quantitative estimate of drug-likeness (QED) is 0.181. The molecular weight excluding hydrogens is 569 g/mol. The second-order valence-electron chi connectivity index (χ2n) is 11.2. The number of fused-ring (bicyclic) bond motifs is 7. The Labute approximate surface area is 293 Å². The molecule has 218 valence electrons. The monoisotopic (exact) mass is 611 g/mol. The van der Waals surface area contributed by atoms with E-state index in [1.165, 1.54) is 0 Å². The molecular formula is C46H28O. The Morgan fingerprint density at radius 1 is 0.340 bits per heavy atom. The van der Waals surface area contributed by atoms with Gasteiger partial charge in [0.2, 0.25) is 0 Å². The molecule has 0 aliphatic carbocycles. The summed E-state index contributed by atoms with van der Waals surface area (Å²) in [6.07, 6.45) is 0. The van der Waals surface area contributed by atoms with Gasteiger partial charge in [0.25, 0.3) is 0 Å². The standard InChI is InChI=1S/C46H28O/c1-2-15-30-29(13-1)14-11-23-35(30)44-36-19-5-7-21-38(36)45(39-22-8-6-20-37(39)44)40-28-27-33(31-16-3-4-17-32(31)40)41-24-12-25-42-34-18-9-10-26-43(34)47-46(41)42/h1-28H/i1D,2D,5D,6D,7D,8D,11D,13D,14D,15D,19D,20D,21D,22D,23D. The molecule has 0 saturated heterocycles. The highest BCUT2D eigenvalue weighted by atomic mass is 16.3. The van der Waals surface area contributed by atoms with Crippen LogP contribution in [0.2, 0.25) is 0 Å². The summed E-state index contributed by atoms with van der Waals surface area (Å²) in [5, 5.41) is 1.25. The average Bonchev–Trinajstić information content (AvgIpc) is 3.67. The summed E-state index contributed by atoms with van der Waals surface area (Å²) in [6.45, 7) is 0. The minimum Gasteiger partial charge on any atom is -0.455 e. The van der Waals surface area contributed by atoms with Crippen LogP contribution in [0.25, 0.3) is 98.4 Å². The molecule has 1 aromatic heterocycles. The highest BCUT2D eigenvalue weighted by Gasteiger charge is 2.21. The summed E-state index contributed by atoms with van der Waals surface area (Å²) >= 11 is 0. The minimum atomic E-state index is -0.759. The summed E-state index contributed by atoms with van der Waals surface area (Å²) < 4.78 is 142. The lowest BCUT2D eigenvalue weighted by Crippen LogP contribution is -1.93. The van der Waals surface area contributed by atoms with Crippen LogP contribution in [0.1, 0.15) is 20.6 Å². The van der Waals surface area contributed by atoms with Crippen molar-refractivity contribution in [2.75, 3.05) is 0 Å². The van der Waals surface area contributed by atoms with E-state index in [-0.39, 0.29) is 32.7 Å². The molecule has 1 heterocycles. The fourth-order valence-electron chi connectivity index (χ4n) is 6.86. The molecule has 0 saturated carbocycles. The van der Waals surface area contributed by atoms with Gasteiger partial charge in [-0.2, -0.15) is 0 Å². The van der Waals surface area contributed by atoms with Crippen molar-refractivity contribution in [2.45, 2.75) is 0 Å². The van der Waals surface area contributed by atoms with E-state index >= 15 is 0 Å². The lowest BCUT2D eigenvalue weighted by Gasteiger charge is -2.20. The molecule has 0 fully saturated rings. The van der Waals surface area contributed by atoms with E-state index in [1.807, 2.05) is 60.7 Å². The van der Waals surface area contributed by atoms with Gasteiger partial charge in [-0.25, -0.2) is 0 Å². The molecule has 0 spiro atoms. The second kappa shape index (κ2) is 10.2. The van der Waals surface area contributed by atoms with E-state index in [1.54, 1.807) is 18.2 Å². The molecule has 0 atom stereocenters. The molecule has 0 aliphatic rings. The van der Waals surface area contributed by atoms with Crippen LogP contribution in [-0.2, 0) is 0 Å². The molecule has 0 aliphatic heterocycles. The van der Waals surface area contributed by atoms with E-state index in [0.29, 0.717) is 27.5 Å². The largest absolute Gasteiger partial charge is 0.455 e. The Bertz CT molecular complexity index is 3620. The van der Waals surface area contributed by atoms with E-state index in [2.05, 4.69) is 0 Å². The van der Waals surface area contributed by atoms with Gasteiger partial charge >= 0.3 is 0 Å². The number of furan rings is 1. The van der Waals surface area contributed by atoms with Crippen LogP contribution in [0.15, 0.2) is 174 Å². The van der Waals surface area contributed by atoms with Gasteiger partial charge in [0.15, 0.2) is 0 Å². The molecule has 9 aromatic carbocycles. The van der Waals surface area contributed by atoms with Crippen molar-refractivity contribution in [3.8, 4) is 33.4 Å². The van der Waals surface area contributed by atoms with Crippen LogP contribution in [0.3, 0.4) is 0 Å². The van der Waals surface area contributed by atoms with Crippen LogP contribution in [0.5, 0.6) is 0 Å². The van der Waals surface area contributed by atoms with Crippen molar-refractivity contribution >= 4 is 65.0 Å². The minimum absolute atomic E-state index is 0.0309. The van der Waals surface area contributed by atoms with Crippen molar-refractivity contribution < 1.29 is 25.0 Å². The molecule has 1 nitrogen and oxygen atoms in total. The van der Waals surface area contributed by atoms with Crippen LogP contribution in [-0.4, -0.2) is 0 Å². The number of para-hydroxylation sites is 2. The Kier molecular flexibility index (Phi) is 3.33. The van der Waals surface area contributed by atoms with Gasteiger partial charge in [-0.1, -0.05) is 163 Å². The first-order chi connectivity index (χ1) is 29.6. The van der Waals surface area contributed by atoms with E-state index in [9.17, 15) is 6.85 Å². The van der Waals surface area contributed by atoms with Gasteiger partial charge < -0.3 is 4.42 Å². The van der Waals surface area contributed by atoms with E-state index < -0.39 is 107 Å². The normalized spacial score (nSPS) is 16.3. The van der Waals surface area contributed by atoms with Crippen LogP contribution >= 0.6 is 0 Å². The van der Waals surface area contributed by atoms with Crippen molar-refractivity contribution in [3.63, 3.8) is 0 Å². The maximum absolute atomic E-state index is 9.50. The maximum atomic E-state index is 9.50. The van der Waals surface area contributed by atoms with E-state index in [4.69, 9.17) is 18.1 Å². The fraction of sp³-hybridized carbons (Fsp3) is 0. The SMILES string of the molecule is [2H]c1c([2H])c([2H])c2c(-c3c4c([2H])c([2H])c([2H])c([2H])c4c(-c4ccc(-c5cccc6c5oc5ccccc56)c5ccccc45)c4c([2H])c([2H])c([2H])c([2H])c34)c([2H])c([2H])c([2H])c2c1[2H]. The Morgan fingerprint density at radius 2 is 0.872 bits per heavy atom. The smallest absolute Gasteiger partial charge is 0.143 e. The molecule has 1 heteroatoms. The lowest BCUT2D eigenvalue weighted by atomic mass is 9.83. The first kappa shape index (κ1) is 15.4. The van der Waals surface area contributed by atoms with Crippen molar-refractivity contribution in [2.24, 2.45) is 0 Å². The molecule has 0 amide bonds. The second-order valence-corrected chi connectivity index (χ2v) is 11.2. The highest BCUT2D eigenvalue weighted by molar-refractivity contribution is 6.26. The van der Waals surface area contributed by atoms with Gasteiger partial charge in [0, 0.05) is 16.3 Å². The predicted molar refractivity (Wildman–Crippen MR) is 200 cm³/mol. The third-order valence-corrected chi connectivity index (χ3v) is 8.83. The molecule has 0 unspecified atom stereocenters. The van der Waals surface area contributed by atoms with Gasteiger partial charge in [-0.05, 0) is 77.0 Å². The molecule has 47 heavy (non-hydrogen) atoms. The number of benzene rings is 9. The third kappa shape index (κ3) is 3.84. The van der Waals surface area contributed by atoms with Gasteiger partial charge in [-0.3, -0.25) is 0 Å². The average molecular weight is 612 g/mol. The molecule has 0 N–H and O–H groups in total. The Hall–Kier alpha value is -6.18. The van der Waals surface area contributed by atoms with Crippen LogP contribution < -0.4 is 0 Å². The summed E-state index contributed by atoms with van der Waals surface area (Å²) in [7, 11) is 0. The van der Waals surface area contributed by atoms with Gasteiger partial charge in [0.05, 0.1) is 20.6 Å². The van der Waals surface area contributed by atoms with Crippen molar-refractivity contribution in [3.05, 3.63) is 169 Å². The first-order valence-electron chi connectivity index (χ1n) is 22.5. The molecule has 10 aromatic rings. The van der Waals surface area contributed by atoms with Crippen LogP contribution in [0.4, 0.5) is 0 Å². The fourth-order valence-corrected chi connectivity index (χ4v) is 6.86. The zero-order valence-electron chi connectivity index (χ0n) is 39.4. The van der Waals surface area contributed by atoms with Crippen molar-refractivity contribution in [1.82, 2.24) is 0 Å². The molecule has 0 bridgehead atoms. The zero-order valence-corrected chi connectivity index (χ0v) is 24.4. The summed E-state index contributed by atoms with van der Waals surface area (Å²) in [5.74, 6) is 0. The first-order valence-corrected chi connectivity index (χ1v) is 15.0. The van der Waals surface area contributed by atoms with Crippen molar-refractivity contribution in [1.29, 1.82) is 0 Å². The summed E-state index contributed by atoms with van der Waals surface area (Å²) in [6, 6.07) is 14.2. The van der Waals surface area contributed by atoms with E-state index in [0.717, 1.165) is 21.9 Å². The number of hydrogen-bond donors (Lipinski definition) is 0. The number of rotatable bonds is 3.